The molecule has 24 heavy (non-hydrogen) atoms. The van der Waals surface area contributed by atoms with Crippen LogP contribution in [0.3, 0.4) is 0 Å². The van der Waals surface area contributed by atoms with Crippen molar-refractivity contribution < 1.29 is 4.74 Å². The van der Waals surface area contributed by atoms with Crippen LogP contribution in [-0.4, -0.2) is 37.7 Å². The van der Waals surface area contributed by atoms with Gasteiger partial charge in [-0.15, -0.1) is 35.3 Å². The van der Waals surface area contributed by atoms with Gasteiger partial charge in [0.1, 0.15) is 5.01 Å². The second-order valence-electron chi connectivity index (χ2n) is 4.96. The molecule has 0 bridgehead atoms. The lowest BCUT2D eigenvalue weighted by molar-refractivity contribution is 0.195. The van der Waals surface area contributed by atoms with Gasteiger partial charge in [0.05, 0.1) is 12.2 Å². The van der Waals surface area contributed by atoms with Gasteiger partial charge in [-0.3, -0.25) is 0 Å². The van der Waals surface area contributed by atoms with Gasteiger partial charge in [0, 0.05) is 37.7 Å². The number of rotatable bonds is 8. The Morgan fingerprint density at radius 3 is 2.75 bits per heavy atom. The minimum atomic E-state index is 0. The molecule has 0 aliphatic carbocycles. The molecule has 2 aromatic rings. The van der Waals surface area contributed by atoms with Gasteiger partial charge in [0.25, 0.3) is 0 Å². The number of ether oxygens (including phenoxy) is 1. The minimum Gasteiger partial charge on any atom is -0.385 e. The largest absolute Gasteiger partial charge is 0.385 e. The fourth-order valence-corrected chi connectivity index (χ4v) is 2.76. The molecule has 2 rings (SSSR count). The van der Waals surface area contributed by atoms with E-state index in [1.165, 1.54) is 0 Å². The van der Waals surface area contributed by atoms with E-state index in [1.54, 1.807) is 18.4 Å². The zero-order chi connectivity index (χ0) is 16.3. The van der Waals surface area contributed by atoms with E-state index >= 15 is 0 Å². The summed E-state index contributed by atoms with van der Waals surface area (Å²) in [7, 11) is 1.71. The van der Waals surface area contributed by atoms with Gasteiger partial charge < -0.3 is 15.4 Å². The summed E-state index contributed by atoms with van der Waals surface area (Å²) in [5, 5.41) is 9.64. The number of aliphatic imine (C=N–C) groups is 1. The van der Waals surface area contributed by atoms with Crippen LogP contribution in [0, 0.1) is 0 Å². The van der Waals surface area contributed by atoms with Crippen LogP contribution in [0.1, 0.15) is 18.4 Å². The maximum Gasteiger partial charge on any atom is 0.191 e. The van der Waals surface area contributed by atoms with Crippen molar-refractivity contribution in [3.8, 4) is 11.3 Å². The highest BCUT2D eigenvalue weighted by Crippen LogP contribution is 2.21. The molecule has 0 spiro atoms. The Morgan fingerprint density at radius 2 is 2.04 bits per heavy atom. The van der Waals surface area contributed by atoms with Crippen molar-refractivity contribution in [3.63, 3.8) is 0 Å². The number of guanidine groups is 1. The quantitative estimate of drug-likeness (QED) is 0.274. The zero-order valence-electron chi connectivity index (χ0n) is 14.1. The third-order valence-corrected chi connectivity index (χ3v) is 3.99. The number of hydrogen-bond donors (Lipinski definition) is 2. The highest BCUT2D eigenvalue weighted by molar-refractivity contribution is 14.0. The van der Waals surface area contributed by atoms with Crippen molar-refractivity contribution in [1.82, 2.24) is 15.6 Å². The van der Waals surface area contributed by atoms with Gasteiger partial charge in [-0.1, -0.05) is 30.3 Å². The van der Waals surface area contributed by atoms with Crippen LogP contribution in [0.25, 0.3) is 11.3 Å². The van der Waals surface area contributed by atoms with Crippen LogP contribution in [0.4, 0.5) is 0 Å². The normalized spacial score (nSPS) is 11.0. The fraction of sp³-hybridized carbons (Fsp3) is 0.412. The number of halogens is 1. The van der Waals surface area contributed by atoms with Crippen molar-refractivity contribution in [2.45, 2.75) is 19.9 Å². The van der Waals surface area contributed by atoms with Gasteiger partial charge in [-0.05, 0) is 13.3 Å². The molecular formula is C17H25IN4OS. The number of hydrogen-bond acceptors (Lipinski definition) is 4. The van der Waals surface area contributed by atoms with E-state index in [-0.39, 0.29) is 24.0 Å². The Balaban J connectivity index is 0.00000288. The number of aromatic nitrogens is 1. The molecule has 7 heteroatoms. The predicted molar refractivity (Wildman–Crippen MR) is 112 cm³/mol. The molecule has 0 fully saturated rings. The molecule has 0 atom stereocenters. The number of nitrogens with one attached hydrogen (secondary N) is 2. The minimum absolute atomic E-state index is 0. The number of nitrogens with zero attached hydrogens (tertiary/aromatic N) is 2. The van der Waals surface area contributed by atoms with Crippen LogP contribution < -0.4 is 10.6 Å². The molecular weight excluding hydrogens is 435 g/mol. The maximum atomic E-state index is 5.05. The molecule has 5 nitrogen and oxygen atoms in total. The molecule has 1 heterocycles. The van der Waals surface area contributed by atoms with Crippen LogP contribution in [-0.2, 0) is 11.3 Å². The maximum absolute atomic E-state index is 5.05. The molecule has 0 saturated heterocycles. The second-order valence-corrected chi connectivity index (χ2v) is 5.90. The molecule has 0 unspecified atom stereocenters. The highest BCUT2D eigenvalue weighted by atomic mass is 127. The Labute approximate surface area is 165 Å². The summed E-state index contributed by atoms with van der Waals surface area (Å²) in [5.74, 6) is 0.820. The molecule has 132 valence electrons. The van der Waals surface area contributed by atoms with Crippen molar-refractivity contribution in [1.29, 1.82) is 0 Å². The van der Waals surface area contributed by atoms with Crippen molar-refractivity contribution >= 4 is 41.3 Å². The Kier molecular flexibility index (Phi) is 10.6. The molecule has 1 aromatic carbocycles. The van der Waals surface area contributed by atoms with Crippen molar-refractivity contribution in [3.05, 3.63) is 40.7 Å². The van der Waals surface area contributed by atoms with Gasteiger partial charge >= 0.3 is 0 Å². The Bertz CT molecular complexity index is 604. The smallest absolute Gasteiger partial charge is 0.191 e. The number of methoxy groups -OCH3 is 1. The standard InChI is InChI=1S/C17H24N4OS.HI/c1-3-18-17(19-10-7-11-22-2)20-12-16-21-15(13-23-16)14-8-5-4-6-9-14;/h4-6,8-9,13H,3,7,10-12H2,1-2H3,(H2,18,19,20);1H. The fourth-order valence-electron chi connectivity index (χ4n) is 2.04. The first-order valence-corrected chi connectivity index (χ1v) is 8.72. The predicted octanol–water partition coefficient (Wildman–Crippen LogP) is 3.52. The molecule has 0 radical (unpaired) electrons. The van der Waals surface area contributed by atoms with Crippen LogP contribution in [0.2, 0.25) is 0 Å². The number of benzene rings is 1. The monoisotopic (exact) mass is 460 g/mol. The molecule has 0 saturated carbocycles. The van der Waals surface area contributed by atoms with Crippen molar-refractivity contribution in [2.24, 2.45) is 4.99 Å². The zero-order valence-corrected chi connectivity index (χ0v) is 17.3. The van der Waals surface area contributed by atoms with E-state index in [9.17, 15) is 0 Å². The van der Waals surface area contributed by atoms with E-state index < -0.39 is 0 Å². The number of thiazole rings is 1. The second kappa shape index (κ2) is 12.2. The Morgan fingerprint density at radius 1 is 1.25 bits per heavy atom. The van der Waals surface area contributed by atoms with E-state index in [2.05, 4.69) is 45.0 Å². The lowest BCUT2D eigenvalue weighted by atomic mass is 10.2. The Hall–Kier alpha value is -1.19. The van der Waals surface area contributed by atoms with Gasteiger partial charge in [0.15, 0.2) is 5.96 Å². The highest BCUT2D eigenvalue weighted by Gasteiger charge is 2.04. The SMILES string of the molecule is CCNC(=NCc1nc(-c2ccccc2)cs1)NCCCOC.I. The van der Waals surface area contributed by atoms with E-state index in [0.717, 1.165) is 48.3 Å². The van der Waals surface area contributed by atoms with Gasteiger partial charge in [-0.2, -0.15) is 0 Å². The first kappa shape index (κ1) is 20.9. The van der Waals surface area contributed by atoms with Crippen LogP contribution in [0.5, 0.6) is 0 Å². The summed E-state index contributed by atoms with van der Waals surface area (Å²) < 4.78 is 5.05. The summed E-state index contributed by atoms with van der Waals surface area (Å²) in [6, 6.07) is 10.2. The third-order valence-electron chi connectivity index (χ3n) is 3.16. The molecule has 0 amide bonds. The van der Waals surface area contributed by atoms with Gasteiger partial charge in [-0.25, -0.2) is 9.98 Å². The lowest BCUT2D eigenvalue weighted by Crippen LogP contribution is -2.38. The van der Waals surface area contributed by atoms with E-state index in [1.807, 2.05) is 18.2 Å². The first-order valence-electron chi connectivity index (χ1n) is 7.84. The molecule has 0 aliphatic heterocycles. The van der Waals surface area contributed by atoms with Crippen LogP contribution in [0.15, 0.2) is 40.7 Å². The van der Waals surface area contributed by atoms with Crippen molar-refractivity contribution in [2.75, 3.05) is 26.8 Å². The first-order chi connectivity index (χ1) is 11.3. The lowest BCUT2D eigenvalue weighted by Gasteiger charge is -2.10. The summed E-state index contributed by atoms with van der Waals surface area (Å²) in [5.41, 5.74) is 2.16. The van der Waals surface area contributed by atoms with E-state index in [4.69, 9.17) is 4.74 Å². The van der Waals surface area contributed by atoms with Crippen LogP contribution >= 0.6 is 35.3 Å². The van der Waals surface area contributed by atoms with E-state index in [0.29, 0.717) is 6.54 Å². The van der Waals surface area contributed by atoms with Gasteiger partial charge in [0.2, 0.25) is 0 Å². The topological polar surface area (TPSA) is 58.5 Å². The average molecular weight is 460 g/mol. The molecule has 0 aliphatic rings. The third kappa shape index (κ3) is 7.14. The average Bonchev–Trinajstić information content (AvgIpc) is 3.06. The summed E-state index contributed by atoms with van der Waals surface area (Å²) in [6.45, 7) is 5.07. The summed E-state index contributed by atoms with van der Waals surface area (Å²) >= 11 is 1.64. The summed E-state index contributed by atoms with van der Waals surface area (Å²) in [4.78, 5) is 9.25. The summed E-state index contributed by atoms with van der Waals surface area (Å²) in [6.07, 6.45) is 0.955. The molecule has 2 N–H and O–H groups in total. The molecule has 1 aromatic heterocycles.